The Balaban J connectivity index is 0.000000223. The Morgan fingerprint density at radius 2 is 1.03 bits per heavy atom. The van der Waals surface area contributed by atoms with Gasteiger partial charge in [-0.1, -0.05) is 88.4 Å². The van der Waals surface area contributed by atoms with E-state index in [-0.39, 0.29) is 110 Å². The Labute approximate surface area is 558 Å². The van der Waals surface area contributed by atoms with Crippen LogP contribution in [0.15, 0.2) is 119 Å². The van der Waals surface area contributed by atoms with Crippen LogP contribution in [0.1, 0.15) is 97.4 Å². The molecular weight excluding hydrogens is 1260 g/mol. The number of carbonyl (C=O) groups is 4. The van der Waals surface area contributed by atoms with Crippen molar-refractivity contribution in [2.45, 2.75) is 147 Å². The molecule has 4 amide bonds. The van der Waals surface area contributed by atoms with Gasteiger partial charge in [0.1, 0.15) is 12.2 Å². The number of carbonyl (C=O) groups excluding carboxylic acids is 4. The van der Waals surface area contributed by atoms with Gasteiger partial charge in [0, 0.05) is 86.8 Å². The van der Waals surface area contributed by atoms with Crippen molar-refractivity contribution < 1.29 is 74.6 Å². The number of rotatable bonds is 28. The van der Waals surface area contributed by atoms with Crippen molar-refractivity contribution in [2.24, 2.45) is 23.7 Å². The summed E-state index contributed by atoms with van der Waals surface area (Å²) >= 11 is 0. The molecular formula is C69H94N8O16S2. The Hall–Kier alpha value is -6.98. The van der Waals surface area contributed by atoms with E-state index in [0.717, 1.165) is 29.7 Å². The standard InChI is InChI=1S/C35H48N4O8S.C34H46N4O8S/c1-6-38(7-2)23(5)32-27-18-25(13-14-28(27)36-33(32)41)48(43,44)39(19-22(3)4)20-30(40)29(17-24-11-9-8-10-12-24)37-35(42)47-31-21-46-34-26(31)15-16-45-34;1-5-37(6-2)19-27-26-17-24(12-13-28(26)35-32(27)40)47(42,43)38(18-22(3)4)20-30(39)29(16-23-10-8-7-9-11-23)36-34(41)46-31-21-45-33-25(31)14-15-44-33/h8-14,18,22,26,29-31,34,40H,6-7,15-17,19-21H2,1-5H3,(H,36,41)(H,37,42);7-13,17,19,22,25,29-31,33,39H,5-6,14-16,18,20-21H2,1-4H3,(H,35,40)(H,36,41). The van der Waals surface area contributed by atoms with Crippen LogP contribution in [0.4, 0.5) is 21.0 Å². The van der Waals surface area contributed by atoms with Crippen molar-refractivity contribution in [1.82, 2.24) is 29.0 Å². The maximum absolute atomic E-state index is 14.3. The zero-order chi connectivity index (χ0) is 68.3. The number of nitrogens with one attached hydrogen (secondary N) is 4. The Morgan fingerprint density at radius 1 is 0.600 bits per heavy atom. The number of anilines is 2. The number of nitrogens with zero attached hydrogens (tertiary/aromatic N) is 4. The minimum atomic E-state index is -4.15. The molecule has 6 heterocycles. The fourth-order valence-corrected chi connectivity index (χ4v) is 16.2. The van der Waals surface area contributed by atoms with Gasteiger partial charge in [0.05, 0.1) is 83.5 Å². The Kier molecular flexibility index (Phi) is 24.6. The number of aliphatic hydroxyl groups is 2. The third kappa shape index (κ3) is 17.6. The van der Waals surface area contributed by atoms with Crippen LogP contribution in [0.2, 0.25) is 0 Å². The number of alkyl carbamates (subject to hydrolysis) is 2. The number of allylic oxidation sites excluding steroid dienone is 1. The molecule has 24 nitrogen and oxygen atoms in total. The monoisotopic (exact) mass is 1350 g/mol. The normalized spacial score (nSPS) is 22.7. The minimum Gasteiger partial charge on any atom is -0.443 e. The lowest BCUT2D eigenvalue weighted by Crippen LogP contribution is -2.51. The molecule has 4 fully saturated rings. The molecule has 4 saturated heterocycles. The molecule has 0 aliphatic carbocycles. The van der Waals surface area contributed by atoms with Crippen LogP contribution in [-0.2, 0) is 70.9 Å². The molecule has 0 spiro atoms. The van der Waals surface area contributed by atoms with Gasteiger partial charge in [0.25, 0.3) is 11.8 Å². The van der Waals surface area contributed by atoms with Gasteiger partial charge in [0.2, 0.25) is 20.0 Å². The van der Waals surface area contributed by atoms with E-state index in [9.17, 15) is 46.2 Å². The first-order valence-corrected chi connectivity index (χ1v) is 36.0. The van der Waals surface area contributed by atoms with E-state index in [1.165, 1.54) is 32.9 Å². The van der Waals surface area contributed by atoms with E-state index in [1.807, 2.05) is 128 Å². The van der Waals surface area contributed by atoms with E-state index in [4.69, 9.17) is 28.4 Å². The first-order chi connectivity index (χ1) is 45.4. The van der Waals surface area contributed by atoms with Crippen LogP contribution < -0.4 is 21.3 Å². The average Bonchev–Trinajstić information content (AvgIpc) is 1.71. The molecule has 0 bridgehead atoms. The predicted molar refractivity (Wildman–Crippen MR) is 358 cm³/mol. The molecule has 26 heteroatoms. The fraction of sp³-hybridized carbons (Fsp3) is 0.536. The maximum atomic E-state index is 14.3. The second-order valence-corrected chi connectivity index (χ2v) is 29.5. The zero-order valence-corrected chi connectivity index (χ0v) is 57.4. The molecule has 6 N–H and O–H groups in total. The molecule has 0 saturated carbocycles. The summed E-state index contributed by atoms with van der Waals surface area (Å²) in [7, 11) is -8.29. The van der Waals surface area contributed by atoms with Gasteiger partial charge < -0.3 is 69.7 Å². The molecule has 10 atom stereocenters. The summed E-state index contributed by atoms with van der Waals surface area (Å²) < 4.78 is 93.2. The topological polar surface area (TPSA) is 293 Å². The molecule has 10 rings (SSSR count). The second kappa shape index (κ2) is 32.4. The highest BCUT2D eigenvalue weighted by molar-refractivity contribution is 7.89. The van der Waals surface area contributed by atoms with E-state index in [2.05, 4.69) is 26.2 Å². The molecule has 10 unspecified atom stereocenters. The van der Waals surface area contributed by atoms with Crippen LogP contribution in [0.3, 0.4) is 0 Å². The summed E-state index contributed by atoms with van der Waals surface area (Å²) in [5.74, 6) is -0.811. The van der Waals surface area contributed by atoms with Gasteiger partial charge in [-0.15, -0.1) is 0 Å². The molecule has 6 aliphatic rings. The summed E-state index contributed by atoms with van der Waals surface area (Å²) in [5.41, 5.74) is 5.42. The van der Waals surface area contributed by atoms with Crippen molar-refractivity contribution in [3.05, 3.63) is 131 Å². The van der Waals surface area contributed by atoms with Gasteiger partial charge in [-0.05, 0) is 120 Å². The predicted octanol–water partition coefficient (Wildman–Crippen LogP) is 7.25. The molecule has 4 aromatic rings. The van der Waals surface area contributed by atoms with E-state index in [0.29, 0.717) is 73.0 Å². The number of amides is 4. The van der Waals surface area contributed by atoms with Crippen LogP contribution in [-0.4, -0.2) is 197 Å². The highest BCUT2D eigenvalue weighted by atomic mass is 32.2. The lowest BCUT2D eigenvalue weighted by Gasteiger charge is -2.31. The van der Waals surface area contributed by atoms with Crippen LogP contribution in [0.25, 0.3) is 11.1 Å². The molecule has 6 aliphatic heterocycles. The van der Waals surface area contributed by atoms with E-state index in [1.54, 1.807) is 18.3 Å². The number of hydrogen-bond acceptors (Lipinski definition) is 18. The van der Waals surface area contributed by atoms with E-state index < -0.39 is 68.7 Å². The first kappa shape index (κ1) is 72.3. The smallest absolute Gasteiger partial charge is 0.407 e. The number of benzene rings is 4. The number of sulfonamides is 2. The lowest BCUT2D eigenvalue weighted by atomic mass is 10.0. The zero-order valence-electron chi connectivity index (χ0n) is 55.8. The summed E-state index contributed by atoms with van der Waals surface area (Å²) in [6, 6.07) is 26.2. The van der Waals surface area contributed by atoms with E-state index >= 15 is 0 Å². The molecule has 0 radical (unpaired) electrons. The molecule has 518 valence electrons. The number of fused-ring (bicyclic) bond motifs is 4. The minimum absolute atomic E-state index is 0.00703. The van der Waals surface area contributed by atoms with Gasteiger partial charge in [0.15, 0.2) is 12.6 Å². The summed E-state index contributed by atoms with van der Waals surface area (Å²) in [5, 5.41) is 34.6. The van der Waals surface area contributed by atoms with Crippen molar-refractivity contribution >= 4 is 66.6 Å². The van der Waals surface area contributed by atoms with Gasteiger partial charge in [-0.3, -0.25) is 9.59 Å². The Bertz CT molecular complexity index is 3610. The van der Waals surface area contributed by atoms with Gasteiger partial charge in [-0.2, -0.15) is 8.61 Å². The molecule has 95 heavy (non-hydrogen) atoms. The molecule has 4 aromatic carbocycles. The van der Waals surface area contributed by atoms with Gasteiger partial charge in [-0.25, -0.2) is 26.4 Å². The number of hydrogen-bond donors (Lipinski definition) is 6. The largest absolute Gasteiger partial charge is 0.443 e. The highest BCUT2D eigenvalue weighted by Crippen LogP contribution is 2.39. The van der Waals surface area contributed by atoms with Crippen LogP contribution >= 0.6 is 0 Å². The van der Waals surface area contributed by atoms with Gasteiger partial charge >= 0.3 is 12.2 Å². The summed E-state index contributed by atoms with van der Waals surface area (Å²) in [4.78, 5) is 56.2. The van der Waals surface area contributed by atoms with Crippen molar-refractivity contribution in [3.8, 4) is 0 Å². The van der Waals surface area contributed by atoms with Crippen LogP contribution in [0, 0.1) is 23.7 Å². The quantitative estimate of drug-likeness (QED) is 0.0305. The van der Waals surface area contributed by atoms with Crippen molar-refractivity contribution in [3.63, 3.8) is 0 Å². The average molecular weight is 1360 g/mol. The number of aliphatic hydroxyl groups excluding tert-OH is 2. The van der Waals surface area contributed by atoms with Crippen LogP contribution in [0.5, 0.6) is 0 Å². The molecule has 0 aromatic heterocycles. The summed E-state index contributed by atoms with van der Waals surface area (Å²) in [6.45, 7) is 21.4. The highest BCUT2D eigenvalue weighted by Gasteiger charge is 2.46. The maximum Gasteiger partial charge on any atom is 0.407 e. The lowest BCUT2D eigenvalue weighted by molar-refractivity contribution is -0.111. The number of ether oxygens (including phenoxy) is 6. The fourth-order valence-electron chi connectivity index (χ4n) is 12.9. The SMILES string of the molecule is CCN(C=C1C(=O)Nc2ccc(S(=O)(=O)N(CC(C)C)CC(O)C(Cc3ccccc3)NC(=O)OC3COC4OCCC34)cc21)CC.CCN(CC)C(C)=C1C(=O)Nc2ccc(S(=O)(=O)N(CC(C)C)CC(O)C(Cc3ccccc3)NC(=O)OC3COC4OCCC34)cc21. The Morgan fingerprint density at radius 3 is 1.46 bits per heavy atom. The van der Waals surface area contributed by atoms with Crippen molar-refractivity contribution in [1.29, 1.82) is 0 Å². The van der Waals surface area contributed by atoms with Crippen molar-refractivity contribution in [2.75, 3.05) is 89.4 Å². The second-order valence-electron chi connectivity index (χ2n) is 25.6. The third-order valence-electron chi connectivity index (χ3n) is 18.0. The first-order valence-electron chi connectivity index (χ1n) is 33.1. The summed E-state index contributed by atoms with van der Waals surface area (Å²) in [6.07, 6.45) is -2.03. The third-order valence-corrected chi connectivity index (χ3v) is 21.7.